The third kappa shape index (κ3) is 2.98. The second kappa shape index (κ2) is 4.96. The molecule has 1 rings (SSSR count). The van der Waals surface area contributed by atoms with E-state index in [0.717, 1.165) is 4.90 Å². The van der Waals surface area contributed by atoms with E-state index in [-0.39, 0.29) is 18.9 Å². The van der Waals surface area contributed by atoms with Gasteiger partial charge in [-0.15, -0.1) is 0 Å². The predicted octanol–water partition coefficient (Wildman–Crippen LogP) is -1.09. The zero-order valence-corrected chi connectivity index (χ0v) is 6.02. The van der Waals surface area contributed by atoms with Crippen LogP contribution in [0.4, 0.5) is 0 Å². The van der Waals surface area contributed by atoms with Gasteiger partial charge in [0.1, 0.15) is 0 Å². The molecule has 0 atom stereocenters. The van der Waals surface area contributed by atoms with Crippen molar-refractivity contribution in [1.82, 2.24) is 0 Å². The van der Waals surface area contributed by atoms with Gasteiger partial charge < -0.3 is 4.55 Å². The Morgan fingerprint density at radius 1 is 1.11 bits per heavy atom. The van der Waals surface area contributed by atoms with Crippen molar-refractivity contribution in [2.24, 2.45) is 0 Å². The van der Waals surface area contributed by atoms with Gasteiger partial charge in [0.05, 0.1) is 0 Å². The number of hydrogen-bond acceptors (Lipinski definition) is 2. The van der Waals surface area contributed by atoms with Crippen molar-refractivity contribution < 1.29 is 23.4 Å². The van der Waals surface area contributed by atoms with Crippen LogP contribution >= 0.6 is 12.0 Å². The van der Waals surface area contributed by atoms with Crippen molar-refractivity contribution in [3.8, 4) is 0 Å². The fourth-order valence-electron chi connectivity index (χ4n) is 0.476. The molecule has 0 bridgehead atoms. The molecular formula is C6H5LiOS. The molecule has 3 heteroatoms. The van der Waals surface area contributed by atoms with Gasteiger partial charge in [-0.2, -0.15) is 0 Å². The summed E-state index contributed by atoms with van der Waals surface area (Å²) >= 11 is 0.519. The second-order valence-corrected chi connectivity index (χ2v) is 2.03. The molecule has 0 heterocycles. The SMILES string of the molecule is [Li+].[O-]Sc1ccccc1. The van der Waals surface area contributed by atoms with Crippen LogP contribution in [0.25, 0.3) is 0 Å². The molecule has 0 spiro atoms. The summed E-state index contributed by atoms with van der Waals surface area (Å²) in [6, 6.07) is 9.16. The average Bonchev–Trinajstić information content (AvgIpc) is 1.90. The van der Waals surface area contributed by atoms with Crippen LogP contribution in [0.5, 0.6) is 0 Å². The van der Waals surface area contributed by atoms with E-state index in [1.54, 1.807) is 12.1 Å². The van der Waals surface area contributed by atoms with E-state index in [4.69, 9.17) is 0 Å². The first kappa shape index (κ1) is 9.13. The molecule has 0 unspecified atom stereocenters. The molecule has 42 valence electrons. The monoisotopic (exact) mass is 132 g/mol. The maximum absolute atomic E-state index is 10.0. The molecule has 0 saturated heterocycles. The number of rotatable bonds is 1. The summed E-state index contributed by atoms with van der Waals surface area (Å²) in [6.45, 7) is 0. The maximum atomic E-state index is 10.0. The minimum Gasteiger partial charge on any atom is -0.795 e. The summed E-state index contributed by atoms with van der Waals surface area (Å²) in [6.07, 6.45) is 0. The third-order valence-electron chi connectivity index (χ3n) is 0.839. The molecule has 9 heavy (non-hydrogen) atoms. The van der Waals surface area contributed by atoms with Crippen LogP contribution in [0.1, 0.15) is 0 Å². The topological polar surface area (TPSA) is 23.1 Å². The minimum atomic E-state index is 0. The van der Waals surface area contributed by atoms with Gasteiger partial charge >= 0.3 is 18.9 Å². The van der Waals surface area contributed by atoms with Gasteiger partial charge in [-0.3, -0.25) is 0 Å². The summed E-state index contributed by atoms with van der Waals surface area (Å²) in [7, 11) is 0. The number of hydrogen-bond donors (Lipinski definition) is 0. The summed E-state index contributed by atoms with van der Waals surface area (Å²) in [4.78, 5) is 0.771. The van der Waals surface area contributed by atoms with Crippen molar-refractivity contribution in [2.75, 3.05) is 0 Å². The zero-order valence-electron chi connectivity index (χ0n) is 5.20. The first-order valence-corrected chi connectivity index (χ1v) is 3.02. The molecule has 0 saturated carbocycles. The van der Waals surface area contributed by atoms with E-state index >= 15 is 0 Å². The van der Waals surface area contributed by atoms with E-state index in [9.17, 15) is 4.55 Å². The van der Waals surface area contributed by atoms with Crippen LogP contribution in [0.3, 0.4) is 0 Å². The van der Waals surface area contributed by atoms with Gasteiger partial charge in [0, 0.05) is 0 Å². The molecule has 0 aliphatic rings. The van der Waals surface area contributed by atoms with E-state index in [0.29, 0.717) is 12.0 Å². The van der Waals surface area contributed by atoms with Gasteiger partial charge in [0.25, 0.3) is 0 Å². The molecule has 0 amide bonds. The van der Waals surface area contributed by atoms with Crippen LogP contribution < -0.4 is 18.9 Å². The smallest absolute Gasteiger partial charge is 0.795 e. The van der Waals surface area contributed by atoms with Crippen LogP contribution in [0.15, 0.2) is 35.2 Å². The van der Waals surface area contributed by atoms with E-state index < -0.39 is 0 Å². The Morgan fingerprint density at radius 3 is 2.00 bits per heavy atom. The number of benzene rings is 1. The zero-order chi connectivity index (χ0) is 5.82. The Balaban J connectivity index is 0.000000640. The average molecular weight is 132 g/mol. The quantitative estimate of drug-likeness (QED) is 0.358. The van der Waals surface area contributed by atoms with Crippen LogP contribution in [0, 0.1) is 0 Å². The normalized spacial score (nSPS) is 8.11. The molecule has 0 aromatic heterocycles. The largest absolute Gasteiger partial charge is 1.00 e. The Bertz CT molecular complexity index is 154. The molecule has 0 aliphatic carbocycles. The molecule has 1 nitrogen and oxygen atoms in total. The summed E-state index contributed by atoms with van der Waals surface area (Å²) < 4.78 is 10.0. The maximum Gasteiger partial charge on any atom is 1.00 e. The molecule has 0 fully saturated rings. The summed E-state index contributed by atoms with van der Waals surface area (Å²) in [5.74, 6) is 0. The summed E-state index contributed by atoms with van der Waals surface area (Å²) in [5.41, 5.74) is 0. The van der Waals surface area contributed by atoms with Crippen LogP contribution in [0.2, 0.25) is 0 Å². The van der Waals surface area contributed by atoms with E-state index in [1.165, 1.54) is 0 Å². The van der Waals surface area contributed by atoms with Crippen molar-refractivity contribution in [3.05, 3.63) is 30.3 Å². The molecule has 0 aliphatic heterocycles. The van der Waals surface area contributed by atoms with E-state index in [2.05, 4.69) is 0 Å². The molecule has 1 aromatic carbocycles. The third-order valence-corrected chi connectivity index (χ3v) is 1.30. The minimum absolute atomic E-state index is 0. The van der Waals surface area contributed by atoms with Gasteiger partial charge in [0.2, 0.25) is 0 Å². The van der Waals surface area contributed by atoms with Gasteiger partial charge in [-0.1, -0.05) is 18.2 Å². The van der Waals surface area contributed by atoms with Gasteiger partial charge in [-0.05, 0) is 17.0 Å². The summed E-state index contributed by atoms with van der Waals surface area (Å²) in [5, 5.41) is 0. The Labute approximate surface area is 70.9 Å². The van der Waals surface area contributed by atoms with Crippen molar-refractivity contribution in [3.63, 3.8) is 0 Å². The predicted molar refractivity (Wildman–Crippen MR) is 33.1 cm³/mol. The molecule has 0 N–H and O–H groups in total. The van der Waals surface area contributed by atoms with Gasteiger partial charge in [-0.25, -0.2) is 12.0 Å². The fraction of sp³-hybridized carbons (Fsp3) is 0. The second-order valence-electron chi connectivity index (χ2n) is 1.40. The molecule has 0 radical (unpaired) electrons. The fourth-order valence-corrected chi connectivity index (χ4v) is 0.744. The van der Waals surface area contributed by atoms with Crippen LogP contribution in [-0.4, -0.2) is 4.55 Å². The first-order valence-electron chi connectivity index (χ1n) is 2.28. The van der Waals surface area contributed by atoms with Gasteiger partial charge in [0.15, 0.2) is 0 Å². The van der Waals surface area contributed by atoms with Crippen molar-refractivity contribution in [1.29, 1.82) is 0 Å². The molecular weight excluding hydrogens is 127 g/mol. The Hall–Kier alpha value is 0.127. The standard InChI is InChI=1S/C6H6OS.Li/c7-8-6-4-2-1-3-5-6;/h1-5,7H;/q;+1/p-1. The van der Waals surface area contributed by atoms with Crippen molar-refractivity contribution in [2.45, 2.75) is 4.90 Å². The Kier molecular flexibility index (Phi) is 5.03. The van der Waals surface area contributed by atoms with Crippen molar-refractivity contribution >= 4 is 12.0 Å². The van der Waals surface area contributed by atoms with Crippen LogP contribution in [-0.2, 0) is 0 Å². The first-order chi connectivity index (χ1) is 3.93. The Morgan fingerprint density at radius 2 is 1.67 bits per heavy atom. The molecule has 1 aromatic rings. The van der Waals surface area contributed by atoms with E-state index in [1.807, 2.05) is 18.2 Å².